The molecule has 2 bridgehead atoms. The van der Waals surface area contributed by atoms with Crippen molar-refractivity contribution in [3.05, 3.63) is 28.8 Å². The van der Waals surface area contributed by atoms with Crippen LogP contribution in [0.15, 0.2) is 18.2 Å². The number of benzene rings is 1. The third kappa shape index (κ3) is 2.36. The van der Waals surface area contributed by atoms with Crippen LogP contribution >= 0.6 is 11.6 Å². The van der Waals surface area contributed by atoms with Crippen LogP contribution in [0.5, 0.6) is 0 Å². The molecule has 2 saturated carbocycles. The van der Waals surface area contributed by atoms with Crippen molar-refractivity contribution in [2.75, 3.05) is 11.4 Å². The van der Waals surface area contributed by atoms with Crippen LogP contribution in [0.3, 0.4) is 0 Å². The van der Waals surface area contributed by atoms with Gasteiger partial charge in [-0.25, -0.2) is 0 Å². The van der Waals surface area contributed by atoms with Crippen molar-refractivity contribution in [3.8, 4) is 0 Å². The molecule has 2 aliphatic carbocycles. The first kappa shape index (κ1) is 12.0. The number of nitrogens with zero attached hydrogens (tertiary/aromatic N) is 1. The Hall–Kier alpha value is -0.730. The number of anilines is 1. The maximum Gasteiger partial charge on any atom is 0.0415 e. The van der Waals surface area contributed by atoms with Crippen LogP contribution < -0.4 is 10.2 Å². The molecule has 1 aliphatic heterocycles. The van der Waals surface area contributed by atoms with Gasteiger partial charge in [-0.15, -0.1) is 0 Å². The van der Waals surface area contributed by atoms with Crippen LogP contribution in [0, 0.1) is 5.92 Å². The molecule has 0 spiro atoms. The average Bonchev–Trinajstić information content (AvgIpc) is 3.01. The third-order valence-electron chi connectivity index (χ3n) is 4.92. The Labute approximate surface area is 120 Å². The first-order valence-electron chi connectivity index (χ1n) is 7.58. The topological polar surface area (TPSA) is 15.3 Å². The third-order valence-corrected chi connectivity index (χ3v) is 5.15. The second-order valence-corrected chi connectivity index (χ2v) is 6.85. The Balaban J connectivity index is 1.58. The summed E-state index contributed by atoms with van der Waals surface area (Å²) >= 11 is 6.19. The number of hydrogen-bond donors (Lipinski definition) is 1. The Morgan fingerprint density at radius 3 is 2.79 bits per heavy atom. The highest BCUT2D eigenvalue weighted by atomic mass is 35.5. The van der Waals surface area contributed by atoms with E-state index >= 15 is 0 Å². The van der Waals surface area contributed by atoms with Gasteiger partial charge in [-0.05, 0) is 61.8 Å². The highest BCUT2D eigenvalue weighted by Gasteiger charge is 2.38. The number of hydrogen-bond acceptors (Lipinski definition) is 2. The fourth-order valence-electron chi connectivity index (χ4n) is 3.74. The molecule has 0 radical (unpaired) electrons. The highest BCUT2D eigenvalue weighted by Crippen LogP contribution is 2.41. The largest absolute Gasteiger partial charge is 0.368 e. The molecule has 1 N–H and O–H groups in total. The molecule has 1 aromatic rings. The zero-order valence-electron chi connectivity index (χ0n) is 11.2. The molecule has 0 aromatic heterocycles. The molecule has 0 amide bonds. The molecular weight excluding hydrogens is 256 g/mol. The summed E-state index contributed by atoms with van der Waals surface area (Å²) in [5.74, 6) is 0.935. The molecule has 3 fully saturated rings. The minimum atomic E-state index is 0.752. The van der Waals surface area contributed by atoms with Crippen LogP contribution in [-0.4, -0.2) is 18.6 Å². The maximum atomic E-state index is 6.19. The van der Waals surface area contributed by atoms with Crippen molar-refractivity contribution < 1.29 is 0 Å². The van der Waals surface area contributed by atoms with Crippen LogP contribution in [0.2, 0.25) is 5.02 Å². The van der Waals surface area contributed by atoms with Crippen molar-refractivity contribution in [1.29, 1.82) is 0 Å². The SMILES string of the molecule is Clc1ccc(N2CC3CCC2C3)c(CNC2CC2)c1. The van der Waals surface area contributed by atoms with Gasteiger partial charge in [0.1, 0.15) is 0 Å². The van der Waals surface area contributed by atoms with E-state index in [4.69, 9.17) is 11.6 Å². The number of fused-ring (bicyclic) bond motifs is 2. The second kappa shape index (κ2) is 4.68. The predicted molar refractivity (Wildman–Crippen MR) is 79.8 cm³/mol. The first-order valence-corrected chi connectivity index (χ1v) is 7.96. The molecular formula is C16H21ClN2. The standard InChI is InChI=1S/C16H21ClN2/c17-13-2-6-16(12(8-13)9-18-14-3-4-14)19-10-11-1-5-15(19)7-11/h2,6,8,11,14-15,18H,1,3-5,7,9-10H2. The fraction of sp³-hybridized carbons (Fsp3) is 0.625. The van der Waals surface area contributed by atoms with Gasteiger partial charge >= 0.3 is 0 Å². The summed E-state index contributed by atoms with van der Waals surface area (Å²) < 4.78 is 0. The maximum absolute atomic E-state index is 6.19. The summed E-state index contributed by atoms with van der Waals surface area (Å²) in [4.78, 5) is 2.63. The van der Waals surface area contributed by atoms with Gasteiger partial charge in [-0.3, -0.25) is 0 Å². The minimum absolute atomic E-state index is 0.752. The molecule has 1 saturated heterocycles. The van der Waals surface area contributed by atoms with Gasteiger partial charge in [0.25, 0.3) is 0 Å². The van der Waals surface area contributed by atoms with Crippen LogP contribution in [-0.2, 0) is 6.54 Å². The molecule has 19 heavy (non-hydrogen) atoms. The lowest BCUT2D eigenvalue weighted by Crippen LogP contribution is -2.33. The lowest BCUT2D eigenvalue weighted by atomic mass is 10.1. The minimum Gasteiger partial charge on any atom is -0.368 e. The first-order chi connectivity index (χ1) is 9.29. The Bertz CT molecular complexity index is 484. The summed E-state index contributed by atoms with van der Waals surface area (Å²) in [5.41, 5.74) is 2.80. The average molecular weight is 277 g/mol. The Morgan fingerprint density at radius 2 is 2.11 bits per heavy atom. The predicted octanol–water partition coefficient (Wildman–Crippen LogP) is 3.58. The Kier molecular flexibility index (Phi) is 2.96. The number of halogens is 1. The smallest absolute Gasteiger partial charge is 0.0415 e. The fourth-order valence-corrected chi connectivity index (χ4v) is 3.93. The van der Waals surface area contributed by atoms with E-state index < -0.39 is 0 Å². The van der Waals surface area contributed by atoms with Crippen LogP contribution in [0.1, 0.15) is 37.7 Å². The van der Waals surface area contributed by atoms with Gasteiger partial charge in [-0.1, -0.05) is 11.6 Å². The van der Waals surface area contributed by atoms with Crippen molar-refractivity contribution in [2.45, 2.75) is 50.7 Å². The van der Waals surface area contributed by atoms with Crippen molar-refractivity contribution >= 4 is 17.3 Å². The van der Waals surface area contributed by atoms with Crippen LogP contribution in [0.25, 0.3) is 0 Å². The van der Waals surface area contributed by atoms with Crippen molar-refractivity contribution in [2.24, 2.45) is 5.92 Å². The van der Waals surface area contributed by atoms with Crippen LogP contribution in [0.4, 0.5) is 5.69 Å². The van der Waals surface area contributed by atoms with Crippen molar-refractivity contribution in [1.82, 2.24) is 5.32 Å². The van der Waals surface area contributed by atoms with Crippen molar-refractivity contribution in [3.63, 3.8) is 0 Å². The summed E-state index contributed by atoms with van der Waals surface area (Å²) in [6, 6.07) is 7.96. The summed E-state index contributed by atoms with van der Waals surface area (Å²) in [6.45, 7) is 2.22. The van der Waals surface area contributed by atoms with E-state index in [1.807, 2.05) is 6.07 Å². The van der Waals surface area contributed by atoms with E-state index in [0.717, 1.165) is 29.6 Å². The van der Waals surface area contributed by atoms with E-state index in [0.29, 0.717) is 0 Å². The van der Waals surface area contributed by atoms with E-state index in [1.165, 1.54) is 49.9 Å². The normalized spacial score (nSPS) is 29.2. The van der Waals surface area contributed by atoms with E-state index in [2.05, 4.69) is 22.3 Å². The second-order valence-electron chi connectivity index (χ2n) is 6.41. The van der Waals surface area contributed by atoms with Gasteiger partial charge < -0.3 is 10.2 Å². The highest BCUT2D eigenvalue weighted by molar-refractivity contribution is 6.30. The quantitative estimate of drug-likeness (QED) is 0.904. The molecule has 1 aromatic carbocycles. The Morgan fingerprint density at radius 1 is 1.21 bits per heavy atom. The van der Waals surface area contributed by atoms with Gasteiger partial charge in [0.15, 0.2) is 0 Å². The van der Waals surface area contributed by atoms with E-state index in [1.54, 1.807) is 0 Å². The van der Waals surface area contributed by atoms with Gasteiger partial charge in [0.2, 0.25) is 0 Å². The monoisotopic (exact) mass is 276 g/mol. The van der Waals surface area contributed by atoms with E-state index in [-0.39, 0.29) is 0 Å². The lowest BCUT2D eigenvalue weighted by Gasteiger charge is -2.31. The summed E-state index contributed by atoms with van der Waals surface area (Å²) in [7, 11) is 0. The molecule has 102 valence electrons. The van der Waals surface area contributed by atoms with E-state index in [9.17, 15) is 0 Å². The molecule has 2 nitrogen and oxygen atoms in total. The zero-order valence-corrected chi connectivity index (χ0v) is 12.0. The lowest BCUT2D eigenvalue weighted by molar-refractivity contribution is 0.551. The van der Waals surface area contributed by atoms with Gasteiger partial charge in [0.05, 0.1) is 0 Å². The summed E-state index contributed by atoms with van der Waals surface area (Å²) in [6.07, 6.45) is 6.89. The number of piperidine rings is 1. The van der Waals surface area contributed by atoms with Gasteiger partial charge in [0, 0.05) is 35.9 Å². The molecule has 4 rings (SSSR count). The molecule has 2 atom stereocenters. The summed E-state index contributed by atoms with van der Waals surface area (Å²) in [5, 5.41) is 4.48. The molecule has 3 aliphatic rings. The molecule has 3 heteroatoms. The molecule has 2 unspecified atom stereocenters. The number of rotatable bonds is 4. The van der Waals surface area contributed by atoms with Gasteiger partial charge in [-0.2, -0.15) is 0 Å². The number of nitrogens with one attached hydrogen (secondary N) is 1. The molecule has 1 heterocycles. The zero-order chi connectivity index (χ0) is 12.8.